The Kier molecular flexibility index (Phi) is 10.2. The summed E-state index contributed by atoms with van der Waals surface area (Å²) < 4.78 is 14.3. The molecule has 4 aliphatic rings. The fourth-order valence-electron chi connectivity index (χ4n) is 16.7. The SMILES string of the molecule is CC1(C)c2ccccc2-c2ccc(N(c3cc(-c4cccc5c4C4(c6ccccc6-c6ccccc64)c4ccccc4-5)cc(N(c4ccc5c(c4)C(C)(C)c4ccccc4-5)c4cccc5c4oc4ccccc45)c3)c3cccc4c3oc3ccccc34)cc21. The maximum Gasteiger partial charge on any atom is 0.159 e. The zero-order valence-electron chi connectivity index (χ0n) is 49.8. The standard InChI is InChI=1S/C85H58N2O2/c1-83(2)69-33-12-5-22-57(69)62-44-42-52(49-74(62)83)86(76-38-20-31-67-64-27-10-17-40-78(64)88-81(67)76)54-46-51(56-29-19-30-66-61-26-9-16-37-73(61)85(80(56)66)71-35-14-7-24-59(71)60-25-8-15-36-72(60)85)47-55(48-54)87(77-39-21-32-68-65-28-11-18-41-79(65)89-82(68)77)53-43-45-63-58-23-6-13-34-70(58)84(3,4)75(63)50-53/h5-50H,1-4H3. The number of hydrogen-bond donors (Lipinski definition) is 0. The van der Waals surface area contributed by atoms with Gasteiger partial charge in [0.25, 0.3) is 0 Å². The molecular weight excluding hydrogens is 1080 g/mol. The lowest BCUT2D eigenvalue weighted by molar-refractivity contribution is 0.660. The number of nitrogens with zero attached hydrogens (tertiary/aromatic N) is 2. The molecule has 0 saturated heterocycles. The van der Waals surface area contributed by atoms with E-state index < -0.39 is 5.41 Å². The minimum atomic E-state index is -0.619. The Balaban J connectivity index is 0.950. The van der Waals surface area contributed by atoms with E-state index in [2.05, 4.69) is 317 Å². The van der Waals surface area contributed by atoms with Gasteiger partial charge in [0.2, 0.25) is 0 Å². The number of benzene rings is 13. The first-order chi connectivity index (χ1) is 43.7. The number of rotatable bonds is 7. The van der Waals surface area contributed by atoms with Crippen LogP contribution >= 0.6 is 0 Å². The lowest BCUT2D eigenvalue weighted by Crippen LogP contribution is -2.26. The molecule has 420 valence electrons. The first kappa shape index (κ1) is 50.2. The van der Waals surface area contributed by atoms with Crippen LogP contribution < -0.4 is 9.80 Å². The van der Waals surface area contributed by atoms with E-state index in [1.807, 2.05) is 0 Å². The molecule has 0 atom stereocenters. The Morgan fingerprint density at radius 3 is 1.08 bits per heavy atom. The Bertz CT molecular complexity index is 5250. The van der Waals surface area contributed by atoms with Crippen molar-refractivity contribution in [3.63, 3.8) is 0 Å². The summed E-state index contributed by atoms with van der Waals surface area (Å²) in [5.41, 5.74) is 30.9. The molecule has 0 bridgehead atoms. The quantitative estimate of drug-likeness (QED) is 0.159. The van der Waals surface area contributed by atoms with Gasteiger partial charge in [-0.15, -0.1) is 0 Å². The van der Waals surface area contributed by atoms with Crippen LogP contribution in [0.4, 0.5) is 34.1 Å². The molecule has 1 spiro atoms. The predicted octanol–water partition coefficient (Wildman–Crippen LogP) is 23.0. The highest BCUT2D eigenvalue weighted by atomic mass is 16.3. The Morgan fingerprint density at radius 1 is 0.258 bits per heavy atom. The first-order valence-corrected chi connectivity index (χ1v) is 31.1. The van der Waals surface area contributed by atoms with Crippen LogP contribution in [0.3, 0.4) is 0 Å². The molecular formula is C85H58N2O2. The molecule has 0 fully saturated rings. The fraction of sp³-hybridized carbons (Fsp3) is 0.0824. The molecule has 19 rings (SSSR count). The van der Waals surface area contributed by atoms with Crippen molar-refractivity contribution in [2.45, 2.75) is 43.9 Å². The second-order valence-electron chi connectivity index (χ2n) is 25.8. The molecule has 15 aromatic rings. The summed E-state index contributed by atoms with van der Waals surface area (Å²) in [6.45, 7) is 9.50. The molecule has 0 amide bonds. The van der Waals surface area contributed by atoms with Crippen LogP contribution in [0.2, 0.25) is 0 Å². The highest BCUT2D eigenvalue weighted by Crippen LogP contribution is 2.65. The summed E-state index contributed by atoms with van der Waals surface area (Å²) in [5.74, 6) is 0. The van der Waals surface area contributed by atoms with Crippen molar-refractivity contribution in [2.75, 3.05) is 9.80 Å². The van der Waals surface area contributed by atoms with Gasteiger partial charge in [-0.3, -0.25) is 0 Å². The fourth-order valence-corrected chi connectivity index (χ4v) is 16.7. The highest BCUT2D eigenvalue weighted by Gasteiger charge is 2.53. The molecule has 0 saturated carbocycles. The van der Waals surface area contributed by atoms with Crippen LogP contribution in [0.25, 0.3) is 99.5 Å². The van der Waals surface area contributed by atoms with Crippen LogP contribution in [-0.2, 0) is 16.2 Å². The second-order valence-corrected chi connectivity index (χ2v) is 25.8. The van der Waals surface area contributed by atoms with Gasteiger partial charge in [0.15, 0.2) is 11.2 Å². The summed E-state index contributed by atoms with van der Waals surface area (Å²) >= 11 is 0. The van der Waals surface area contributed by atoms with Crippen molar-refractivity contribution < 1.29 is 8.83 Å². The summed E-state index contributed by atoms with van der Waals surface area (Å²) in [5, 5.41) is 4.29. The van der Waals surface area contributed by atoms with Gasteiger partial charge in [0.1, 0.15) is 11.2 Å². The van der Waals surface area contributed by atoms with Crippen molar-refractivity contribution >= 4 is 78.0 Å². The van der Waals surface area contributed by atoms with E-state index in [4.69, 9.17) is 8.83 Å². The van der Waals surface area contributed by atoms with Gasteiger partial charge in [-0.25, -0.2) is 0 Å². The molecule has 4 nitrogen and oxygen atoms in total. The minimum Gasteiger partial charge on any atom is -0.454 e. The third kappa shape index (κ3) is 6.73. The molecule has 4 aliphatic carbocycles. The number of furan rings is 2. The van der Waals surface area contributed by atoms with Gasteiger partial charge >= 0.3 is 0 Å². The van der Waals surface area contributed by atoms with E-state index >= 15 is 0 Å². The monoisotopic (exact) mass is 1140 g/mol. The zero-order valence-corrected chi connectivity index (χ0v) is 49.8. The Morgan fingerprint density at radius 2 is 0.607 bits per heavy atom. The van der Waals surface area contributed by atoms with E-state index in [0.29, 0.717) is 0 Å². The zero-order chi connectivity index (χ0) is 59.1. The predicted molar refractivity (Wildman–Crippen MR) is 367 cm³/mol. The second kappa shape index (κ2) is 18.1. The molecule has 0 aliphatic heterocycles. The number of fused-ring (bicyclic) bond motifs is 22. The molecule has 2 heterocycles. The number of para-hydroxylation sites is 4. The summed E-state index contributed by atoms with van der Waals surface area (Å²) in [4.78, 5) is 4.96. The van der Waals surface area contributed by atoms with Gasteiger partial charge in [0, 0.05) is 55.1 Å². The van der Waals surface area contributed by atoms with Crippen molar-refractivity contribution in [2.24, 2.45) is 0 Å². The van der Waals surface area contributed by atoms with Gasteiger partial charge in [0.05, 0.1) is 16.8 Å². The Labute approximate surface area is 516 Å². The maximum absolute atomic E-state index is 7.15. The topological polar surface area (TPSA) is 32.8 Å². The van der Waals surface area contributed by atoms with Crippen LogP contribution in [-0.4, -0.2) is 0 Å². The largest absolute Gasteiger partial charge is 0.454 e. The van der Waals surface area contributed by atoms with Crippen LogP contribution in [0.5, 0.6) is 0 Å². The van der Waals surface area contributed by atoms with E-state index in [-0.39, 0.29) is 10.8 Å². The summed E-state index contributed by atoms with van der Waals surface area (Å²) in [6.07, 6.45) is 0. The molecule has 0 radical (unpaired) electrons. The average molecular weight is 1140 g/mol. The molecule has 4 heteroatoms. The number of anilines is 6. The summed E-state index contributed by atoms with van der Waals surface area (Å²) in [6, 6.07) is 104. The molecule has 0 N–H and O–H groups in total. The van der Waals surface area contributed by atoms with E-state index in [0.717, 1.165) is 89.1 Å². The van der Waals surface area contributed by atoms with Crippen LogP contribution in [0.15, 0.2) is 288 Å². The third-order valence-corrected chi connectivity index (χ3v) is 20.6. The molecule has 0 unspecified atom stereocenters. The van der Waals surface area contributed by atoms with E-state index in [1.165, 1.54) is 89.0 Å². The minimum absolute atomic E-state index is 0.267. The van der Waals surface area contributed by atoms with Crippen molar-refractivity contribution in [1.29, 1.82) is 0 Å². The van der Waals surface area contributed by atoms with Gasteiger partial charge in [-0.05, 0) is 167 Å². The van der Waals surface area contributed by atoms with Crippen LogP contribution in [0, 0.1) is 0 Å². The Hall–Kier alpha value is -10.9. The molecule has 13 aromatic carbocycles. The molecule has 2 aromatic heterocycles. The normalized spacial score (nSPS) is 14.6. The lowest BCUT2D eigenvalue weighted by atomic mass is 9.68. The summed E-state index contributed by atoms with van der Waals surface area (Å²) in [7, 11) is 0. The average Bonchev–Trinajstić information content (AvgIpc) is 1.52. The number of hydrogen-bond acceptors (Lipinski definition) is 4. The van der Waals surface area contributed by atoms with Gasteiger partial charge in [-0.2, -0.15) is 0 Å². The maximum atomic E-state index is 7.15. The van der Waals surface area contributed by atoms with E-state index in [1.54, 1.807) is 0 Å². The lowest BCUT2D eigenvalue weighted by Gasteiger charge is -2.34. The van der Waals surface area contributed by atoms with Gasteiger partial charge < -0.3 is 18.6 Å². The van der Waals surface area contributed by atoms with Crippen molar-refractivity contribution in [3.8, 4) is 55.6 Å². The van der Waals surface area contributed by atoms with Gasteiger partial charge in [-0.1, -0.05) is 240 Å². The van der Waals surface area contributed by atoms with Crippen LogP contribution in [0.1, 0.15) is 72.2 Å². The smallest absolute Gasteiger partial charge is 0.159 e. The van der Waals surface area contributed by atoms with E-state index in [9.17, 15) is 0 Å². The molecule has 89 heavy (non-hydrogen) atoms. The third-order valence-electron chi connectivity index (χ3n) is 20.6. The highest BCUT2D eigenvalue weighted by molar-refractivity contribution is 6.13. The van der Waals surface area contributed by atoms with Crippen molar-refractivity contribution in [3.05, 3.63) is 324 Å². The first-order valence-electron chi connectivity index (χ1n) is 31.1. The van der Waals surface area contributed by atoms with Crippen molar-refractivity contribution in [1.82, 2.24) is 0 Å².